The van der Waals surface area contributed by atoms with Gasteiger partial charge >= 0.3 is 5.97 Å². The molecule has 0 aliphatic rings. The number of carboxylic acid groups (broad SMARTS) is 1. The molecule has 1 atom stereocenters. The average Bonchev–Trinajstić information content (AvgIpc) is 2.38. The van der Waals surface area contributed by atoms with Crippen molar-refractivity contribution in [3.8, 4) is 5.75 Å². The summed E-state index contributed by atoms with van der Waals surface area (Å²) in [4.78, 5) is 10.9. The first-order valence-electron chi connectivity index (χ1n) is 5.41. The van der Waals surface area contributed by atoms with Crippen molar-refractivity contribution in [2.24, 2.45) is 0 Å². The molecule has 0 unspecified atom stereocenters. The molecule has 104 valence electrons. The number of rotatable bonds is 7. The molecular formula is C12H15NO5S. The number of ether oxygens (including phenoxy) is 1. The van der Waals surface area contributed by atoms with Crippen molar-refractivity contribution >= 4 is 16.0 Å². The van der Waals surface area contributed by atoms with E-state index >= 15 is 0 Å². The lowest BCUT2D eigenvalue weighted by Gasteiger charge is -2.13. The van der Waals surface area contributed by atoms with Gasteiger partial charge in [0.25, 0.3) is 0 Å². The number of hydrogen-bond acceptors (Lipinski definition) is 4. The van der Waals surface area contributed by atoms with E-state index in [1.807, 2.05) is 0 Å². The van der Waals surface area contributed by atoms with Crippen LogP contribution in [0.4, 0.5) is 0 Å². The number of aliphatic carboxylic acids is 1. The maximum absolute atomic E-state index is 12.0. The SMILES string of the molecule is C=CC[C@H](NS(=O)(=O)c1ccc(OC)cc1)C(=O)O. The smallest absolute Gasteiger partial charge is 0.322 e. The maximum atomic E-state index is 12.0. The average molecular weight is 285 g/mol. The van der Waals surface area contributed by atoms with E-state index in [-0.39, 0.29) is 11.3 Å². The second-order valence-electron chi connectivity index (χ2n) is 3.71. The minimum absolute atomic E-state index is 0.00468. The Bertz CT molecular complexity index is 550. The van der Waals surface area contributed by atoms with Crippen LogP contribution in [-0.4, -0.2) is 32.6 Å². The molecule has 1 aromatic carbocycles. The third-order valence-corrected chi connectivity index (χ3v) is 3.86. The number of sulfonamides is 1. The molecule has 0 aliphatic heterocycles. The molecule has 0 radical (unpaired) electrons. The Balaban J connectivity index is 2.95. The zero-order valence-electron chi connectivity index (χ0n) is 10.4. The molecule has 2 N–H and O–H groups in total. The number of methoxy groups -OCH3 is 1. The van der Waals surface area contributed by atoms with Crippen LogP contribution in [0.25, 0.3) is 0 Å². The minimum atomic E-state index is -3.89. The Hall–Kier alpha value is -1.86. The normalized spacial score (nSPS) is 12.7. The number of carboxylic acids is 1. The summed E-state index contributed by atoms with van der Waals surface area (Å²) in [6.45, 7) is 3.39. The van der Waals surface area contributed by atoms with E-state index in [4.69, 9.17) is 9.84 Å². The molecule has 6 nitrogen and oxygen atoms in total. The van der Waals surface area contributed by atoms with Crippen LogP contribution in [-0.2, 0) is 14.8 Å². The van der Waals surface area contributed by atoms with Gasteiger partial charge in [0, 0.05) is 0 Å². The molecule has 0 heterocycles. The van der Waals surface area contributed by atoms with Gasteiger partial charge < -0.3 is 9.84 Å². The van der Waals surface area contributed by atoms with Gasteiger partial charge in [0.2, 0.25) is 10.0 Å². The first-order chi connectivity index (χ1) is 8.90. The highest BCUT2D eigenvalue weighted by atomic mass is 32.2. The molecule has 0 saturated heterocycles. The lowest BCUT2D eigenvalue weighted by atomic mass is 10.2. The zero-order valence-corrected chi connectivity index (χ0v) is 11.2. The van der Waals surface area contributed by atoms with E-state index in [0.29, 0.717) is 5.75 Å². The van der Waals surface area contributed by atoms with Gasteiger partial charge in [-0.25, -0.2) is 8.42 Å². The second kappa shape index (κ2) is 6.35. The van der Waals surface area contributed by atoms with Gasteiger partial charge in [-0.05, 0) is 30.7 Å². The predicted molar refractivity (Wildman–Crippen MR) is 69.6 cm³/mol. The summed E-state index contributed by atoms with van der Waals surface area (Å²) in [7, 11) is -2.42. The van der Waals surface area contributed by atoms with Crippen molar-refractivity contribution in [1.29, 1.82) is 0 Å². The van der Waals surface area contributed by atoms with Crippen LogP contribution in [0.1, 0.15) is 6.42 Å². The summed E-state index contributed by atoms with van der Waals surface area (Å²) >= 11 is 0. The van der Waals surface area contributed by atoms with Crippen molar-refractivity contribution < 1.29 is 23.1 Å². The molecule has 0 bridgehead atoms. The largest absolute Gasteiger partial charge is 0.497 e. The molecule has 0 spiro atoms. The predicted octanol–water partition coefficient (Wildman–Crippen LogP) is 1.00. The lowest BCUT2D eigenvalue weighted by molar-refractivity contribution is -0.138. The highest BCUT2D eigenvalue weighted by molar-refractivity contribution is 7.89. The van der Waals surface area contributed by atoms with Gasteiger partial charge in [-0.2, -0.15) is 4.72 Å². The number of hydrogen-bond donors (Lipinski definition) is 2. The van der Waals surface area contributed by atoms with Crippen LogP contribution in [0.3, 0.4) is 0 Å². The van der Waals surface area contributed by atoms with Crippen molar-refractivity contribution in [3.05, 3.63) is 36.9 Å². The first-order valence-corrected chi connectivity index (χ1v) is 6.89. The van der Waals surface area contributed by atoms with Crippen molar-refractivity contribution in [3.63, 3.8) is 0 Å². The third kappa shape index (κ3) is 4.08. The summed E-state index contributed by atoms with van der Waals surface area (Å²) in [6.07, 6.45) is 1.35. The Kier molecular flexibility index (Phi) is 5.08. The molecule has 0 fully saturated rings. The van der Waals surface area contributed by atoms with E-state index in [9.17, 15) is 13.2 Å². The van der Waals surface area contributed by atoms with E-state index in [1.165, 1.54) is 37.5 Å². The fourth-order valence-corrected chi connectivity index (χ4v) is 2.58. The zero-order chi connectivity index (χ0) is 14.5. The van der Waals surface area contributed by atoms with Crippen LogP contribution in [0.15, 0.2) is 41.8 Å². The van der Waals surface area contributed by atoms with Crippen LogP contribution >= 0.6 is 0 Å². The Morgan fingerprint density at radius 1 is 1.47 bits per heavy atom. The van der Waals surface area contributed by atoms with Crippen LogP contribution in [0, 0.1) is 0 Å². The molecule has 0 aliphatic carbocycles. The van der Waals surface area contributed by atoms with E-state index < -0.39 is 22.0 Å². The quantitative estimate of drug-likeness (QED) is 0.729. The molecule has 7 heteroatoms. The number of nitrogens with one attached hydrogen (secondary N) is 1. The second-order valence-corrected chi connectivity index (χ2v) is 5.43. The molecule has 0 aromatic heterocycles. The summed E-state index contributed by atoms with van der Waals surface area (Å²) in [5.41, 5.74) is 0. The van der Waals surface area contributed by atoms with Crippen LogP contribution in [0.2, 0.25) is 0 Å². The fourth-order valence-electron chi connectivity index (χ4n) is 1.38. The molecule has 1 rings (SSSR count). The summed E-state index contributed by atoms with van der Waals surface area (Å²) in [6, 6.07) is 4.42. The van der Waals surface area contributed by atoms with Gasteiger partial charge in [-0.15, -0.1) is 6.58 Å². The summed E-state index contributed by atoms with van der Waals surface area (Å²) in [5.74, 6) is -0.739. The Labute approximate surface area is 111 Å². The monoisotopic (exact) mass is 285 g/mol. The molecule has 0 amide bonds. The van der Waals surface area contributed by atoms with Crippen molar-refractivity contribution in [1.82, 2.24) is 4.72 Å². The van der Waals surface area contributed by atoms with Crippen LogP contribution in [0.5, 0.6) is 5.75 Å². The fraction of sp³-hybridized carbons (Fsp3) is 0.250. The number of carbonyl (C=O) groups is 1. The van der Waals surface area contributed by atoms with Gasteiger partial charge in [0.15, 0.2) is 0 Å². The Morgan fingerprint density at radius 3 is 2.47 bits per heavy atom. The topological polar surface area (TPSA) is 92.7 Å². The molecule has 1 aromatic rings. The van der Waals surface area contributed by atoms with Gasteiger partial charge in [0.1, 0.15) is 11.8 Å². The van der Waals surface area contributed by atoms with Gasteiger partial charge in [0.05, 0.1) is 12.0 Å². The summed E-state index contributed by atoms with van der Waals surface area (Å²) in [5, 5.41) is 8.90. The van der Waals surface area contributed by atoms with Crippen LogP contribution < -0.4 is 9.46 Å². The van der Waals surface area contributed by atoms with Gasteiger partial charge in [-0.1, -0.05) is 6.08 Å². The first kappa shape index (κ1) is 15.2. The summed E-state index contributed by atoms with van der Waals surface area (Å²) < 4.78 is 31.0. The molecular weight excluding hydrogens is 270 g/mol. The standard InChI is InChI=1S/C12H15NO5S/c1-3-4-11(12(14)15)13-19(16,17)10-7-5-9(18-2)6-8-10/h3,5-8,11,13H,1,4H2,2H3,(H,14,15)/t11-/m0/s1. The highest BCUT2D eigenvalue weighted by Crippen LogP contribution is 2.16. The van der Waals surface area contributed by atoms with E-state index in [0.717, 1.165) is 0 Å². The third-order valence-electron chi connectivity index (χ3n) is 2.37. The van der Waals surface area contributed by atoms with E-state index in [1.54, 1.807) is 0 Å². The highest BCUT2D eigenvalue weighted by Gasteiger charge is 2.24. The van der Waals surface area contributed by atoms with E-state index in [2.05, 4.69) is 11.3 Å². The Morgan fingerprint density at radius 2 is 2.05 bits per heavy atom. The van der Waals surface area contributed by atoms with Crippen molar-refractivity contribution in [2.45, 2.75) is 17.4 Å². The van der Waals surface area contributed by atoms with Gasteiger partial charge in [-0.3, -0.25) is 4.79 Å². The maximum Gasteiger partial charge on any atom is 0.322 e. The van der Waals surface area contributed by atoms with Crippen molar-refractivity contribution in [2.75, 3.05) is 7.11 Å². The lowest BCUT2D eigenvalue weighted by Crippen LogP contribution is -2.40. The minimum Gasteiger partial charge on any atom is -0.497 e. The number of benzene rings is 1. The molecule has 0 saturated carbocycles. The molecule has 19 heavy (non-hydrogen) atoms.